The number of imide groups is 2. The van der Waals surface area contributed by atoms with E-state index in [0.29, 0.717) is 12.8 Å². The fourth-order valence-electron chi connectivity index (χ4n) is 2.97. The Hall–Kier alpha value is -2.71. The molecule has 1 fully saturated rings. The zero-order valence-electron chi connectivity index (χ0n) is 14.8. The summed E-state index contributed by atoms with van der Waals surface area (Å²) < 4.78 is 4.77. The van der Waals surface area contributed by atoms with E-state index in [1.807, 2.05) is 17.5 Å². The highest BCUT2D eigenvalue weighted by Crippen LogP contribution is 2.34. The normalized spacial score (nSPS) is 21.6. The zero-order chi connectivity index (χ0) is 19.3. The average molecular weight is 365 g/mol. The van der Waals surface area contributed by atoms with E-state index in [9.17, 15) is 24.0 Å². The smallest absolute Gasteiger partial charge is 0.321 e. The van der Waals surface area contributed by atoms with Gasteiger partial charge in [0, 0.05) is 12.6 Å². The molecular formula is C17H23N3O6. The largest absolute Gasteiger partial charge is 0.456 e. The highest BCUT2D eigenvalue weighted by molar-refractivity contribution is 6.05. The van der Waals surface area contributed by atoms with Gasteiger partial charge in [-0.1, -0.05) is 12.2 Å². The van der Waals surface area contributed by atoms with E-state index in [0.717, 1.165) is 4.90 Å². The van der Waals surface area contributed by atoms with E-state index < -0.39 is 24.5 Å². The molecule has 1 aliphatic heterocycles. The zero-order valence-corrected chi connectivity index (χ0v) is 14.8. The number of nitrogens with zero attached hydrogens (tertiary/aromatic N) is 1. The Morgan fingerprint density at radius 2 is 1.73 bits per heavy atom. The molecule has 0 saturated carbocycles. The first-order valence-electron chi connectivity index (χ1n) is 8.55. The summed E-state index contributed by atoms with van der Waals surface area (Å²) >= 11 is 0. The Balaban J connectivity index is 1.72. The van der Waals surface area contributed by atoms with Crippen LogP contribution in [0.1, 0.15) is 33.1 Å². The molecule has 1 saturated heterocycles. The number of urea groups is 1. The van der Waals surface area contributed by atoms with Crippen LogP contribution in [0.5, 0.6) is 0 Å². The van der Waals surface area contributed by atoms with Gasteiger partial charge in [-0.15, -0.1) is 0 Å². The van der Waals surface area contributed by atoms with Crippen molar-refractivity contribution in [1.82, 2.24) is 15.5 Å². The summed E-state index contributed by atoms with van der Waals surface area (Å²) in [5.74, 6) is -2.69. The third-order valence-corrected chi connectivity index (χ3v) is 4.18. The van der Waals surface area contributed by atoms with Gasteiger partial charge >= 0.3 is 12.0 Å². The van der Waals surface area contributed by atoms with Gasteiger partial charge in [0.25, 0.3) is 5.91 Å². The van der Waals surface area contributed by atoms with Crippen molar-refractivity contribution in [3.05, 3.63) is 12.2 Å². The Labute approximate surface area is 151 Å². The number of amides is 5. The molecule has 0 aromatic rings. The van der Waals surface area contributed by atoms with Gasteiger partial charge in [0.1, 0.15) is 0 Å². The van der Waals surface area contributed by atoms with Crippen LogP contribution < -0.4 is 10.6 Å². The molecule has 5 amide bonds. The number of nitrogens with one attached hydrogen (secondary N) is 2. The molecule has 2 aliphatic rings. The number of carbonyl (C=O) groups excluding carboxylic acids is 5. The molecule has 1 heterocycles. The second kappa shape index (κ2) is 8.59. The lowest BCUT2D eigenvalue weighted by atomic mass is 9.85. The topological polar surface area (TPSA) is 122 Å². The molecule has 9 nitrogen and oxygen atoms in total. The SMILES string of the molecule is CC(C)NC(=O)NC(=O)COC(=O)CCN1C(=O)[C@H]2CC=CC[C@@H]2C1=O. The summed E-state index contributed by atoms with van der Waals surface area (Å²) in [5, 5.41) is 4.48. The van der Waals surface area contributed by atoms with Crippen molar-refractivity contribution in [2.45, 2.75) is 39.2 Å². The third kappa shape index (κ3) is 4.90. The molecule has 2 atom stereocenters. The van der Waals surface area contributed by atoms with E-state index in [1.165, 1.54) is 0 Å². The Morgan fingerprint density at radius 3 is 2.27 bits per heavy atom. The molecule has 0 aromatic heterocycles. The second-order valence-corrected chi connectivity index (χ2v) is 6.57. The number of ether oxygens (including phenoxy) is 1. The molecule has 0 aromatic carbocycles. The van der Waals surface area contributed by atoms with Gasteiger partial charge in [-0.2, -0.15) is 0 Å². The molecular weight excluding hydrogens is 342 g/mol. The molecule has 0 unspecified atom stereocenters. The minimum atomic E-state index is -0.762. The van der Waals surface area contributed by atoms with E-state index >= 15 is 0 Å². The van der Waals surface area contributed by atoms with Crippen molar-refractivity contribution < 1.29 is 28.7 Å². The molecule has 1 aliphatic carbocycles. The van der Waals surface area contributed by atoms with Crippen LogP contribution in [0.15, 0.2) is 12.2 Å². The molecule has 142 valence electrons. The fraction of sp³-hybridized carbons (Fsp3) is 0.588. The first kappa shape index (κ1) is 19.6. The van der Waals surface area contributed by atoms with Crippen molar-refractivity contribution in [1.29, 1.82) is 0 Å². The second-order valence-electron chi connectivity index (χ2n) is 6.57. The maximum atomic E-state index is 12.2. The monoisotopic (exact) mass is 365 g/mol. The summed E-state index contributed by atoms with van der Waals surface area (Å²) in [7, 11) is 0. The van der Waals surface area contributed by atoms with Gasteiger partial charge in [0.15, 0.2) is 6.61 Å². The van der Waals surface area contributed by atoms with E-state index in [1.54, 1.807) is 13.8 Å². The van der Waals surface area contributed by atoms with Crippen LogP contribution in [0.25, 0.3) is 0 Å². The summed E-state index contributed by atoms with van der Waals surface area (Å²) in [6.07, 6.45) is 4.65. The lowest BCUT2D eigenvalue weighted by Gasteiger charge is -2.14. The van der Waals surface area contributed by atoms with Crippen molar-refractivity contribution in [2.24, 2.45) is 11.8 Å². The van der Waals surface area contributed by atoms with Crippen molar-refractivity contribution in [3.8, 4) is 0 Å². The average Bonchev–Trinajstić information content (AvgIpc) is 2.82. The van der Waals surface area contributed by atoms with Gasteiger partial charge in [-0.05, 0) is 26.7 Å². The van der Waals surface area contributed by atoms with Crippen LogP contribution in [-0.4, -0.2) is 53.8 Å². The molecule has 9 heteroatoms. The molecule has 0 radical (unpaired) electrons. The minimum absolute atomic E-state index is 0.0705. The highest BCUT2D eigenvalue weighted by atomic mass is 16.5. The first-order valence-corrected chi connectivity index (χ1v) is 8.55. The molecule has 0 bridgehead atoms. The number of hydrogen-bond donors (Lipinski definition) is 2. The lowest BCUT2D eigenvalue weighted by molar-refractivity contribution is -0.149. The van der Waals surface area contributed by atoms with Crippen LogP contribution in [0.2, 0.25) is 0 Å². The van der Waals surface area contributed by atoms with E-state index in [-0.39, 0.29) is 42.7 Å². The number of allylic oxidation sites excluding steroid dienone is 2. The lowest BCUT2D eigenvalue weighted by Crippen LogP contribution is -2.44. The summed E-state index contributed by atoms with van der Waals surface area (Å²) in [5.41, 5.74) is 0. The van der Waals surface area contributed by atoms with E-state index in [4.69, 9.17) is 4.74 Å². The predicted molar refractivity (Wildman–Crippen MR) is 89.5 cm³/mol. The van der Waals surface area contributed by atoms with Gasteiger partial charge in [-0.3, -0.25) is 29.4 Å². The van der Waals surface area contributed by atoms with Gasteiger partial charge < -0.3 is 10.1 Å². The summed E-state index contributed by atoms with van der Waals surface area (Å²) in [6.45, 7) is 2.79. The van der Waals surface area contributed by atoms with Crippen molar-refractivity contribution >= 4 is 29.7 Å². The molecule has 26 heavy (non-hydrogen) atoms. The Bertz CT molecular complexity index is 616. The van der Waals surface area contributed by atoms with Crippen LogP contribution in [0.3, 0.4) is 0 Å². The summed E-state index contributed by atoms with van der Waals surface area (Å²) in [4.78, 5) is 60.2. The number of likely N-dealkylation sites (tertiary alicyclic amines) is 1. The number of hydrogen-bond acceptors (Lipinski definition) is 6. The summed E-state index contributed by atoms with van der Waals surface area (Å²) in [6, 6.07) is -0.815. The van der Waals surface area contributed by atoms with Crippen molar-refractivity contribution in [2.75, 3.05) is 13.2 Å². The molecule has 0 spiro atoms. The van der Waals surface area contributed by atoms with Crippen LogP contribution >= 0.6 is 0 Å². The van der Waals surface area contributed by atoms with Crippen LogP contribution in [-0.2, 0) is 23.9 Å². The van der Waals surface area contributed by atoms with Crippen LogP contribution in [0, 0.1) is 11.8 Å². The van der Waals surface area contributed by atoms with Gasteiger partial charge in [-0.25, -0.2) is 4.79 Å². The maximum Gasteiger partial charge on any atom is 0.321 e. The Morgan fingerprint density at radius 1 is 1.15 bits per heavy atom. The number of rotatable bonds is 6. The number of fused-ring (bicyclic) bond motifs is 1. The van der Waals surface area contributed by atoms with Gasteiger partial charge in [0.05, 0.1) is 18.3 Å². The minimum Gasteiger partial charge on any atom is -0.456 e. The quantitative estimate of drug-likeness (QED) is 0.391. The van der Waals surface area contributed by atoms with E-state index in [2.05, 4.69) is 5.32 Å². The molecule has 2 rings (SSSR count). The van der Waals surface area contributed by atoms with Crippen molar-refractivity contribution in [3.63, 3.8) is 0 Å². The maximum absolute atomic E-state index is 12.2. The van der Waals surface area contributed by atoms with Crippen LogP contribution in [0.4, 0.5) is 4.79 Å². The third-order valence-electron chi connectivity index (χ3n) is 4.18. The first-order chi connectivity index (χ1) is 12.3. The number of carbonyl (C=O) groups is 5. The molecule has 2 N–H and O–H groups in total. The highest BCUT2D eigenvalue weighted by Gasteiger charge is 2.46. The number of esters is 1. The van der Waals surface area contributed by atoms with Gasteiger partial charge in [0.2, 0.25) is 11.8 Å². The fourth-order valence-corrected chi connectivity index (χ4v) is 2.97. The Kier molecular flexibility index (Phi) is 6.48. The standard InChI is InChI=1S/C17H23N3O6/c1-10(2)18-17(25)19-13(21)9-26-14(22)7-8-20-15(23)11-5-3-4-6-12(11)16(20)24/h3-4,10-12H,5-9H2,1-2H3,(H2,18,19,21,25)/t11-,12-/m0/s1. The predicted octanol–water partition coefficient (Wildman–Crippen LogP) is 0.105.